The number of nitrogens with one attached hydrogen (secondary N) is 2. The Morgan fingerprint density at radius 3 is 2.82 bits per heavy atom. The zero-order valence-corrected chi connectivity index (χ0v) is 10.2. The lowest BCUT2D eigenvalue weighted by molar-refractivity contribution is -0.131. The first kappa shape index (κ1) is 12.0. The fourth-order valence-electron chi connectivity index (χ4n) is 1.99. The molecule has 6 nitrogen and oxygen atoms in total. The maximum absolute atomic E-state index is 12.1. The number of carbonyl (C=O) groups excluding carboxylic acids is 1. The molecule has 0 spiro atoms. The van der Waals surface area contributed by atoms with E-state index in [4.69, 9.17) is 4.52 Å². The van der Waals surface area contributed by atoms with E-state index >= 15 is 0 Å². The van der Waals surface area contributed by atoms with E-state index in [2.05, 4.69) is 20.8 Å². The number of amides is 1. The minimum Gasteiger partial charge on any atom is -0.348 e. The zero-order chi connectivity index (χ0) is 12.3. The van der Waals surface area contributed by atoms with Crippen LogP contribution < -0.4 is 10.6 Å². The van der Waals surface area contributed by atoms with E-state index in [1.54, 1.807) is 6.92 Å². The highest BCUT2D eigenvalue weighted by molar-refractivity contribution is 5.82. The van der Waals surface area contributed by atoms with Crippen molar-refractivity contribution in [2.45, 2.75) is 33.2 Å². The molecule has 1 aromatic heterocycles. The van der Waals surface area contributed by atoms with E-state index in [1.165, 1.54) is 0 Å². The topological polar surface area (TPSA) is 80.0 Å². The molecule has 0 aliphatic carbocycles. The molecular formula is C11H18N4O2. The SMILES string of the molecule is Cc1nc(CNC(=O)C2(C)CCNCC2)no1. The number of nitrogens with zero attached hydrogens (tertiary/aromatic N) is 2. The Bertz CT molecular complexity index is 396. The average Bonchev–Trinajstić information content (AvgIpc) is 2.73. The van der Waals surface area contributed by atoms with Gasteiger partial charge in [-0.1, -0.05) is 12.1 Å². The maximum Gasteiger partial charge on any atom is 0.226 e. The lowest BCUT2D eigenvalue weighted by Gasteiger charge is -2.32. The van der Waals surface area contributed by atoms with Gasteiger partial charge in [0.1, 0.15) is 0 Å². The Morgan fingerprint density at radius 2 is 2.24 bits per heavy atom. The monoisotopic (exact) mass is 238 g/mol. The van der Waals surface area contributed by atoms with Crippen molar-refractivity contribution < 1.29 is 9.32 Å². The number of aromatic nitrogens is 2. The summed E-state index contributed by atoms with van der Waals surface area (Å²) in [4.78, 5) is 16.1. The summed E-state index contributed by atoms with van der Waals surface area (Å²) in [6, 6.07) is 0. The molecule has 0 aromatic carbocycles. The number of hydrogen-bond donors (Lipinski definition) is 2. The number of rotatable bonds is 3. The second-order valence-electron chi connectivity index (χ2n) is 4.72. The van der Waals surface area contributed by atoms with Crippen molar-refractivity contribution in [3.63, 3.8) is 0 Å². The first-order valence-electron chi connectivity index (χ1n) is 5.88. The van der Waals surface area contributed by atoms with E-state index in [1.807, 2.05) is 6.92 Å². The van der Waals surface area contributed by atoms with Gasteiger partial charge in [0.15, 0.2) is 5.82 Å². The van der Waals surface area contributed by atoms with Crippen molar-refractivity contribution >= 4 is 5.91 Å². The van der Waals surface area contributed by atoms with Crippen LogP contribution in [-0.4, -0.2) is 29.1 Å². The summed E-state index contributed by atoms with van der Waals surface area (Å²) in [6.07, 6.45) is 1.73. The summed E-state index contributed by atoms with van der Waals surface area (Å²) >= 11 is 0. The second-order valence-corrected chi connectivity index (χ2v) is 4.72. The first-order chi connectivity index (χ1) is 8.10. The number of piperidine rings is 1. The van der Waals surface area contributed by atoms with Gasteiger partial charge < -0.3 is 15.2 Å². The highest BCUT2D eigenvalue weighted by Crippen LogP contribution is 2.27. The predicted molar refractivity (Wildman–Crippen MR) is 61.1 cm³/mol. The van der Waals surface area contributed by atoms with Gasteiger partial charge in [-0.25, -0.2) is 0 Å². The first-order valence-corrected chi connectivity index (χ1v) is 5.88. The Hall–Kier alpha value is -1.43. The van der Waals surface area contributed by atoms with Crippen LogP contribution in [0, 0.1) is 12.3 Å². The van der Waals surface area contributed by atoms with Gasteiger partial charge in [-0.2, -0.15) is 4.98 Å². The third kappa shape index (κ3) is 2.82. The molecule has 0 bridgehead atoms. The Morgan fingerprint density at radius 1 is 1.53 bits per heavy atom. The van der Waals surface area contributed by atoms with Crippen LogP contribution in [0.15, 0.2) is 4.52 Å². The van der Waals surface area contributed by atoms with Gasteiger partial charge in [-0.05, 0) is 25.9 Å². The Kier molecular flexibility index (Phi) is 3.42. The lowest BCUT2D eigenvalue weighted by Crippen LogP contribution is -2.45. The maximum atomic E-state index is 12.1. The van der Waals surface area contributed by atoms with E-state index in [0.717, 1.165) is 25.9 Å². The van der Waals surface area contributed by atoms with Gasteiger partial charge in [0.25, 0.3) is 0 Å². The molecule has 1 aliphatic heterocycles. The van der Waals surface area contributed by atoms with Crippen LogP contribution in [0.5, 0.6) is 0 Å². The van der Waals surface area contributed by atoms with E-state index in [0.29, 0.717) is 18.3 Å². The summed E-state index contributed by atoms with van der Waals surface area (Å²) in [5.74, 6) is 1.11. The van der Waals surface area contributed by atoms with Crippen molar-refractivity contribution in [3.05, 3.63) is 11.7 Å². The van der Waals surface area contributed by atoms with Gasteiger partial charge in [0, 0.05) is 12.3 Å². The largest absolute Gasteiger partial charge is 0.348 e. The van der Waals surface area contributed by atoms with Crippen molar-refractivity contribution in [2.24, 2.45) is 5.41 Å². The molecule has 0 radical (unpaired) electrons. The third-order valence-electron chi connectivity index (χ3n) is 3.23. The van der Waals surface area contributed by atoms with Crippen molar-refractivity contribution in [2.75, 3.05) is 13.1 Å². The standard InChI is InChI=1S/C11H18N4O2/c1-8-14-9(15-17-8)7-13-10(16)11(2)3-5-12-6-4-11/h12H,3-7H2,1-2H3,(H,13,16). The molecule has 1 aliphatic rings. The molecule has 1 amide bonds. The quantitative estimate of drug-likeness (QED) is 0.796. The smallest absolute Gasteiger partial charge is 0.226 e. The molecule has 94 valence electrons. The van der Waals surface area contributed by atoms with E-state index in [-0.39, 0.29) is 11.3 Å². The molecule has 2 rings (SSSR count). The van der Waals surface area contributed by atoms with Crippen LogP contribution in [0.4, 0.5) is 0 Å². The number of aryl methyl sites for hydroxylation is 1. The molecule has 1 aromatic rings. The van der Waals surface area contributed by atoms with Gasteiger partial charge in [-0.3, -0.25) is 4.79 Å². The Labute approximate surface area is 100 Å². The fourth-order valence-corrected chi connectivity index (χ4v) is 1.99. The molecule has 2 N–H and O–H groups in total. The van der Waals surface area contributed by atoms with Gasteiger partial charge in [-0.15, -0.1) is 0 Å². The minimum atomic E-state index is -0.274. The molecule has 2 heterocycles. The van der Waals surface area contributed by atoms with E-state index < -0.39 is 0 Å². The van der Waals surface area contributed by atoms with Gasteiger partial charge >= 0.3 is 0 Å². The molecule has 0 unspecified atom stereocenters. The second kappa shape index (κ2) is 4.83. The molecular weight excluding hydrogens is 220 g/mol. The number of hydrogen-bond acceptors (Lipinski definition) is 5. The number of carbonyl (C=O) groups is 1. The highest BCUT2D eigenvalue weighted by atomic mass is 16.5. The minimum absolute atomic E-state index is 0.0708. The summed E-state index contributed by atoms with van der Waals surface area (Å²) in [5.41, 5.74) is -0.274. The third-order valence-corrected chi connectivity index (χ3v) is 3.23. The molecule has 1 fully saturated rings. The van der Waals surface area contributed by atoms with Gasteiger partial charge in [0.05, 0.1) is 6.54 Å². The molecule has 0 saturated carbocycles. The van der Waals surface area contributed by atoms with Crippen molar-refractivity contribution in [1.82, 2.24) is 20.8 Å². The van der Waals surface area contributed by atoms with Crippen LogP contribution in [-0.2, 0) is 11.3 Å². The fraction of sp³-hybridized carbons (Fsp3) is 0.727. The summed E-state index contributed by atoms with van der Waals surface area (Å²) in [6.45, 7) is 5.85. The van der Waals surface area contributed by atoms with Crippen LogP contribution in [0.25, 0.3) is 0 Å². The zero-order valence-electron chi connectivity index (χ0n) is 10.2. The normalized spacial score (nSPS) is 18.9. The molecule has 6 heteroatoms. The van der Waals surface area contributed by atoms with Crippen LogP contribution in [0.1, 0.15) is 31.5 Å². The summed E-state index contributed by atoms with van der Waals surface area (Å²) < 4.78 is 4.84. The average molecular weight is 238 g/mol. The van der Waals surface area contributed by atoms with Crippen molar-refractivity contribution in [3.8, 4) is 0 Å². The molecule has 1 saturated heterocycles. The van der Waals surface area contributed by atoms with Crippen molar-refractivity contribution in [1.29, 1.82) is 0 Å². The van der Waals surface area contributed by atoms with Crippen LogP contribution in [0.2, 0.25) is 0 Å². The molecule has 17 heavy (non-hydrogen) atoms. The summed E-state index contributed by atoms with van der Waals surface area (Å²) in [7, 11) is 0. The van der Waals surface area contributed by atoms with Crippen LogP contribution in [0.3, 0.4) is 0 Å². The lowest BCUT2D eigenvalue weighted by atomic mass is 9.80. The van der Waals surface area contributed by atoms with Gasteiger partial charge in [0.2, 0.25) is 11.8 Å². The molecule has 0 atom stereocenters. The van der Waals surface area contributed by atoms with Crippen LogP contribution >= 0.6 is 0 Å². The Balaban J connectivity index is 1.88. The summed E-state index contributed by atoms with van der Waals surface area (Å²) in [5, 5.41) is 9.87. The van der Waals surface area contributed by atoms with E-state index in [9.17, 15) is 4.79 Å². The highest BCUT2D eigenvalue weighted by Gasteiger charge is 2.34. The predicted octanol–water partition coefficient (Wildman–Crippen LogP) is 0.384.